The molecule has 17 heavy (non-hydrogen) atoms. The minimum absolute atomic E-state index is 0.624. The minimum Gasteiger partial charge on any atom is -0.496 e. The van der Waals surface area contributed by atoms with Gasteiger partial charge in [0.05, 0.1) is 7.11 Å². The van der Waals surface area contributed by atoms with Crippen molar-refractivity contribution in [2.45, 2.75) is 19.5 Å². The van der Waals surface area contributed by atoms with E-state index in [1.165, 1.54) is 0 Å². The molecule has 0 radical (unpaired) electrons. The van der Waals surface area contributed by atoms with Crippen molar-refractivity contribution >= 4 is 11.6 Å². The van der Waals surface area contributed by atoms with Crippen LogP contribution in [0.2, 0.25) is 5.02 Å². The quantitative estimate of drug-likeness (QED) is 0.890. The van der Waals surface area contributed by atoms with Crippen molar-refractivity contribution in [3.05, 3.63) is 28.3 Å². The van der Waals surface area contributed by atoms with Crippen LogP contribution in [0.1, 0.15) is 11.1 Å². The Labute approximate surface area is 108 Å². The Morgan fingerprint density at radius 1 is 1.47 bits per heavy atom. The van der Waals surface area contributed by atoms with Crippen molar-refractivity contribution in [1.29, 1.82) is 0 Å². The highest BCUT2D eigenvalue weighted by Gasteiger charge is 2.22. The highest BCUT2D eigenvalue weighted by molar-refractivity contribution is 6.30. The summed E-state index contributed by atoms with van der Waals surface area (Å²) < 4.78 is 5.46. The molecule has 1 saturated heterocycles. The molecule has 0 saturated carbocycles. The van der Waals surface area contributed by atoms with E-state index >= 15 is 0 Å². The van der Waals surface area contributed by atoms with E-state index in [-0.39, 0.29) is 0 Å². The van der Waals surface area contributed by atoms with Crippen molar-refractivity contribution in [3.63, 3.8) is 0 Å². The molecule has 1 fully saturated rings. The maximum atomic E-state index is 6.10. The maximum Gasteiger partial charge on any atom is 0.126 e. The largest absolute Gasteiger partial charge is 0.496 e. The Hall–Kier alpha value is -0.770. The molecule has 0 bridgehead atoms. The van der Waals surface area contributed by atoms with Crippen molar-refractivity contribution in [1.82, 2.24) is 10.2 Å². The number of benzene rings is 1. The summed E-state index contributed by atoms with van der Waals surface area (Å²) in [5.74, 6) is 0.952. The molecular formula is C13H19ClN2O. The number of halogens is 1. The molecule has 1 aliphatic heterocycles. The van der Waals surface area contributed by atoms with Gasteiger partial charge in [0.2, 0.25) is 0 Å². The molecule has 0 aliphatic carbocycles. The molecule has 4 heteroatoms. The fourth-order valence-corrected chi connectivity index (χ4v) is 2.49. The number of nitrogens with one attached hydrogen (secondary N) is 1. The Morgan fingerprint density at radius 3 is 2.71 bits per heavy atom. The molecule has 1 aromatic carbocycles. The van der Waals surface area contributed by atoms with Crippen LogP contribution in [0.25, 0.3) is 0 Å². The maximum absolute atomic E-state index is 6.10. The van der Waals surface area contributed by atoms with Gasteiger partial charge >= 0.3 is 0 Å². The van der Waals surface area contributed by atoms with Gasteiger partial charge in [0.25, 0.3) is 0 Å². The lowest BCUT2D eigenvalue weighted by Crippen LogP contribution is -2.55. The van der Waals surface area contributed by atoms with Gasteiger partial charge in [-0.1, -0.05) is 11.6 Å². The van der Waals surface area contributed by atoms with Crippen LogP contribution in [0.3, 0.4) is 0 Å². The van der Waals surface area contributed by atoms with Crippen LogP contribution in [0.5, 0.6) is 5.75 Å². The van der Waals surface area contributed by atoms with Gasteiger partial charge in [-0.25, -0.2) is 0 Å². The van der Waals surface area contributed by atoms with Crippen LogP contribution >= 0.6 is 11.6 Å². The predicted molar refractivity (Wildman–Crippen MR) is 70.9 cm³/mol. The zero-order chi connectivity index (χ0) is 12.4. The third-order valence-corrected chi connectivity index (χ3v) is 3.54. The second-order valence-electron chi connectivity index (χ2n) is 4.64. The van der Waals surface area contributed by atoms with Gasteiger partial charge in [0, 0.05) is 36.3 Å². The molecule has 1 heterocycles. The monoisotopic (exact) mass is 254 g/mol. The normalized spacial score (nSPS) is 16.1. The van der Waals surface area contributed by atoms with Crippen molar-refractivity contribution in [2.24, 2.45) is 0 Å². The number of methoxy groups -OCH3 is 1. The highest BCUT2D eigenvalue weighted by Crippen LogP contribution is 2.28. The Kier molecular flexibility index (Phi) is 3.92. The number of hydrogen-bond acceptors (Lipinski definition) is 3. The topological polar surface area (TPSA) is 24.5 Å². The van der Waals surface area contributed by atoms with E-state index in [4.69, 9.17) is 16.3 Å². The highest BCUT2D eigenvalue weighted by atomic mass is 35.5. The summed E-state index contributed by atoms with van der Waals surface area (Å²) in [5, 5.41) is 4.06. The Morgan fingerprint density at radius 2 is 2.18 bits per heavy atom. The number of ether oxygens (including phenoxy) is 1. The fraction of sp³-hybridized carbons (Fsp3) is 0.538. The number of hydrogen-bond donors (Lipinski definition) is 1. The molecule has 0 unspecified atom stereocenters. The summed E-state index contributed by atoms with van der Waals surface area (Å²) in [4.78, 5) is 2.34. The zero-order valence-corrected chi connectivity index (χ0v) is 11.3. The van der Waals surface area contributed by atoms with Crippen molar-refractivity contribution < 1.29 is 4.74 Å². The lowest BCUT2D eigenvalue weighted by molar-refractivity contribution is 0.171. The molecule has 0 amide bonds. The standard InChI is InChI=1S/C13H19ClN2O/c1-9-4-11(14)5-10(13(9)17-3)8-16(2)12-6-15-7-12/h4-5,12,15H,6-8H2,1-3H3. The van der Waals surface area contributed by atoms with Gasteiger partial charge in [-0.05, 0) is 31.7 Å². The second-order valence-corrected chi connectivity index (χ2v) is 5.08. The van der Waals surface area contributed by atoms with Crippen LogP contribution in [0.15, 0.2) is 12.1 Å². The summed E-state index contributed by atoms with van der Waals surface area (Å²) in [5.41, 5.74) is 2.25. The van der Waals surface area contributed by atoms with Crippen molar-refractivity contribution in [3.8, 4) is 5.75 Å². The molecule has 0 aromatic heterocycles. The minimum atomic E-state index is 0.624. The lowest BCUT2D eigenvalue weighted by Gasteiger charge is -2.36. The molecule has 1 N–H and O–H groups in total. The molecule has 1 aliphatic rings. The Bertz CT molecular complexity index is 405. The average molecular weight is 255 g/mol. The third kappa shape index (κ3) is 2.73. The van der Waals surface area contributed by atoms with E-state index in [9.17, 15) is 0 Å². The molecule has 94 valence electrons. The van der Waals surface area contributed by atoms with Crippen molar-refractivity contribution in [2.75, 3.05) is 27.2 Å². The van der Waals surface area contributed by atoms with Gasteiger partial charge in [-0.3, -0.25) is 4.90 Å². The third-order valence-electron chi connectivity index (χ3n) is 3.32. The fourth-order valence-electron chi connectivity index (χ4n) is 2.19. The SMILES string of the molecule is COc1c(C)cc(Cl)cc1CN(C)C1CNC1. The molecule has 2 rings (SSSR count). The van der Waals surface area contributed by atoms with Crippen LogP contribution in [-0.4, -0.2) is 38.2 Å². The summed E-state index contributed by atoms with van der Waals surface area (Å²) in [7, 11) is 3.85. The first-order valence-electron chi connectivity index (χ1n) is 5.85. The summed E-state index contributed by atoms with van der Waals surface area (Å²) in [6.45, 7) is 5.03. The van der Waals surface area contributed by atoms with E-state index in [1.807, 2.05) is 19.1 Å². The number of nitrogens with zero attached hydrogens (tertiary/aromatic N) is 1. The molecular weight excluding hydrogens is 236 g/mol. The van der Waals surface area contributed by atoms with Gasteiger partial charge in [0.15, 0.2) is 0 Å². The van der Waals surface area contributed by atoms with Crippen LogP contribution < -0.4 is 10.1 Å². The smallest absolute Gasteiger partial charge is 0.126 e. The van der Waals surface area contributed by atoms with E-state index in [0.29, 0.717) is 6.04 Å². The van der Waals surface area contributed by atoms with Gasteiger partial charge < -0.3 is 10.1 Å². The molecule has 0 spiro atoms. The van der Waals surface area contributed by atoms with E-state index in [2.05, 4.69) is 17.3 Å². The first-order valence-corrected chi connectivity index (χ1v) is 6.23. The number of aryl methyl sites for hydroxylation is 1. The van der Waals surface area contributed by atoms with E-state index in [1.54, 1.807) is 7.11 Å². The summed E-state index contributed by atoms with van der Waals surface area (Å²) >= 11 is 6.10. The number of rotatable bonds is 4. The van der Waals surface area contributed by atoms with E-state index in [0.717, 1.165) is 41.5 Å². The molecule has 0 atom stereocenters. The average Bonchev–Trinajstić information content (AvgIpc) is 2.13. The zero-order valence-electron chi connectivity index (χ0n) is 10.6. The summed E-state index contributed by atoms with van der Waals surface area (Å²) in [6, 6.07) is 4.56. The lowest BCUT2D eigenvalue weighted by atomic mass is 10.1. The Balaban J connectivity index is 2.18. The summed E-state index contributed by atoms with van der Waals surface area (Å²) in [6.07, 6.45) is 0. The van der Waals surface area contributed by atoms with Gasteiger partial charge in [0.1, 0.15) is 5.75 Å². The van der Waals surface area contributed by atoms with Crippen LogP contribution in [0, 0.1) is 6.92 Å². The van der Waals surface area contributed by atoms with E-state index < -0.39 is 0 Å². The van der Waals surface area contributed by atoms with Crippen LogP contribution in [-0.2, 0) is 6.54 Å². The van der Waals surface area contributed by atoms with Crippen LogP contribution in [0.4, 0.5) is 0 Å². The molecule has 1 aromatic rings. The second kappa shape index (κ2) is 5.25. The van der Waals surface area contributed by atoms with Gasteiger partial charge in [-0.2, -0.15) is 0 Å². The predicted octanol–water partition coefficient (Wildman–Crippen LogP) is 2.06. The molecule has 3 nitrogen and oxygen atoms in total. The number of likely N-dealkylation sites (N-methyl/N-ethyl adjacent to an activating group) is 1. The van der Waals surface area contributed by atoms with Gasteiger partial charge in [-0.15, -0.1) is 0 Å². The first kappa shape index (κ1) is 12.7. The first-order chi connectivity index (χ1) is 8.11.